The summed E-state index contributed by atoms with van der Waals surface area (Å²) in [6, 6.07) is 18.7. The van der Waals surface area contributed by atoms with Crippen LogP contribution in [0, 0.1) is 34.5 Å². The number of carbonyl (C=O) groups excluding carboxylic acids is 1. The molecule has 15 nitrogen and oxygen atoms in total. The Bertz CT molecular complexity index is 2630. The highest BCUT2D eigenvalue weighted by atomic mass is 32.2. The molecule has 4 unspecified atom stereocenters. The summed E-state index contributed by atoms with van der Waals surface area (Å²) in [6.45, 7) is 23.8. The lowest BCUT2D eigenvalue weighted by Crippen LogP contribution is -2.46. The van der Waals surface area contributed by atoms with Crippen molar-refractivity contribution in [1.29, 1.82) is 10.5 Å². The van der Waals surface area contributed by atoms with Crippen LogP contribution in [0.25, 0.3) is 0 Å². The summed E-state index contributed by atoms with van der Waals surface area (Å²) in [5, 5.41) is 24.8. The quantitative estimate of drug-likeness (QED) is 0.111. The number of hydrogen-bond donors (Lipinski definition) is 1. The first kappa shape index (κ1) is 56.5. The number of hydrogen-bond acceptors (Lipinski definition) is 16. The van der Waals surface area contributed by atoms with E-state index in [0.717, 1.165) is 130 Å². The van der Waals surface area contributed by atoms with Gasteiger partial charge in [0.1, 0.15) is 39.4 Å². The Morgan fingerprint density at radius 3 is 1.73 bits per heavy atom. The lowest BCUT2D eigenvalue weighted by molar-refractivity contribution is -0.00820. The number of benzene rings is 2. The molecule has 4 aliphatic rings. The van der Waals surface area contributed by atoms with Crippen molar-refractivity contribution in [1.82, 2.24) is 9.97 Å². The third-order valence-corrected chi connectivity index (χ3v) is 15.4. The van der Waals surface area contributed by atoms with Crippen LogP contribution in [0.5, 0.6) is 11.5 Å². The Morgan fingerprint density at radius 2 is 1.24 bits per heavy atom. The summed E-state index contributed by atoms with van der Waals surface area (Å²) in [5.74, 6) is 5.67. The standard InChI is InChI=1S/C31H42N4O4S.C26H33N3O4S/c1-19(2)27-14-24-25(15-32)29(34-28(26(24)18-37-27)35-16-20(3)38-21(4)17-35)40-13-12-22-8-10-23(11-9-22)33-30(36)39-31(5,6)7;1-17(2)23-14-19-20(15-27)26(28-25(21(19)16-33-23)29-8-10-32-11-9-29)34-12-7-18-5-6-22(30-3)24(13-18)31-4/h8-11,19-21,27H,12-14,16-18H2,1-7H3,(H,33,36);5-6,13,17,23H,7-12,14,16H2,1-4H3. The fraction of sp³-hybridized carbons (Fsp3) is 0.561. The molecule has 4 atom stereocenters. The Morgan fingerprint density at radius 1 is 0.743 bits per heavy atom. The van der Waals surface area contributed by atoms with Crippen LogP contribution in [0.1, 0.15) is 107 Å². The summed E-state index contributed by atoms with van der Waals surface area (Å²) < 4.78 is 40.1. The van der Waals surface area contributed by atoms with E-state index in [2.05, 4.69) is 74.9 Å². The lowest BCUT2D eigenvalue weighted by atomic mass is 9.91. The molecule has 2 fully saturated rings. The van der Waals surface area contributed by atoms with Crippen LogP contribution in [-0.4, -0.2) is 111 Å². The minimum atomic E-state index is -0.547. The second kappa shape index (κ2) is 26.0. The Kier molecular flexibility index (Phi) is 19.8. The molecule has 8 rings (SSSR count). The maximum absolute atomic E-state index is 12.1. The largest absolute Gasteiger partial charge is 0.493 e. The highest BCUT2D eigenvalue weighted by molar-refractivity contribution is 7.99. The van der Waals surface area contributed by atoms with Gasteiger partial charge in [0.15, 0.2) is 11.5 Å². The number of thioether (sulfide) groups is 2. The molecule has 0 saturated carbocycles. The number of methoxy groups -OCH3 is 2. The number of aromatic nitrogens is 2. The fourth-order valence-electron chi connectivity index (χ4n) is 9.61. The van der Waals surface area contributed by atoms with Crippen molar-refractivity contribution >= 4 is 46.9 Å². The van der Waals surface area contributed by atoms with Gasteiger partial charge in [0, 0.05) is 67.3 Å². The van der Waals surface area contributed by atoms with Gasteiger partial charge in [-0.3, -0.25) is 5.32 Å². The second-order valence-corrected chi connectivity index (χ2v) is 23.1. The Balaban J connectivity index is 0.000000219. The third-order valence-electron chi connectivity index (χ3n) is 13.5. The number of ether oxygens (including phenoxy) is 7. The van der Waals surface area contributed by atoms with E-state index in [1.807, 2.05) is 57.2 Å². The molecule has 0 spiro atoms. The van der Waals surface area contributed by atoms with Crippen LogP contribution in [-0.2, 0) is 62.6 Å². The lowest BCUT2D eigenvalue weighted by Gasteiger charge is -2.39. The molecule has 17 heteroatoms. The van der Waals surface area contributed by atoms with Gasteiger partial charge in [-0.25, -0.2) is 14.8 Å². The number of nitrogens with one attached hydrogen (secondary N) is 1. The molecule has 0 aliphatic carbocycles. The van der Waals surface area contributed by atoms with Crippen molar-refractivity contribution in [3.05, 3.63) is 87.0 Å². The monoisotopic (exact) mass is 1050 g/mol. The first-order chi connectivity index (χ1) is 35.5. The van der Waals surface area contributed by atoms with Gasteiger partial charge < -0.3 is 43.0 Å². The summed E-state index contributed by atoms with van der Waals surface area (Å²) >= 11 is 3.27. The van der Waals surface area contributed by atoms with Crippen LogP contribution in [0.2, 0.25) is 0 Å². The topological polar surface area (TPSA) is 174 Å². The summed E-state index contributed by atoms with van der Waals surface area (Å²) in [4.78, 5) is 26.8. The molecule has 4 aliphatic heterocycles. The molecule has 398 valence electrons. The third kappa shape index (κ3) is 14.6. The molecule has 2 saturated heterocycles. The number of amides is 1. The molecule has 0 bridgehead atoms. The second-order valence-electron chi connectivity index (χ2n) is 20.9. The van der Waals surface area contributed by atoms with Gasteiger partial charge in [0.25, 0.3) is 0 Å². The van der Waals surface area contributed by atoms with Crippen LogP contribution in [0.15, 0.2) is 52.5 Å². The summed E-state index contributed by atoms with van der Waals surface area (Å²) in [5.41, 5.74) is 8.14. The highest BCUT2D eigenvalue weighted by Crippen LogP contribution is 2.40. The van der Waals surface area contributed by atoms with E-state index in [-0.39, 0.29) is 24.4 Å². The van der Waals surface area contributed by atoms with Gasteiger partial charge in [-0.05, 0) is 106 Å². The van der Waals surface area contributed by atoms with Crippen LogP contribution in [0.4, 0.5) is 22.1 Å². The van der Waals surface area contributed by atoms with E-state index in [0.29, 0.717) is 55.1 Å². The molecule has 1 amide bonds. The molecule has 2 aromatic heterocycles. The number of morpholine rings is 2. The number of nitriles is 2. The van der Waals surface area contributed by atoms with Crippen LogP contribution < -0.4 is 24.6 Å². The molecule has 2 aromatic carbocycles. The van der Waals surface area contributed by atoms with E-state index >= 15 is 0 Å². The van der Waals surface area contributed by atoms with E-state index in [9.17, 15) is 15.3 Å². The highest BCUT2D eigenvalue weighted by Gasteiger charge is 2.34. The predicted molar refractivity (Wildman–Crippen MR) is 292 cm³/mol. The van der Waals surface area contributed by atoms with Crippen LogP contribution in [0.3, 0.4) is 0 Å². The number of rotatable bonds is 15. The van der Waals surface area contributed by atoms with Crippen molar-refractivity contribution < 1.29 is 38.0 Å². The smallest absolute Gasteiger partial charge is 0.412 e. The summed E-state index contributed by atoms with van der Waals surface area (Å²) in [6.07, 6.45) is 3.05. The van der Waals surface area contributed by atoms with Crippen molar-refractivity contribution in [3.63, 3.8) is 0 Å². The van der Waals surface area contributed by atoms with Crippen molar-refractivity contribution in [2.75, 3.05) is 80.2 Å². The Labute approximate surface area is 447 Å². The number of anilines is 3. The molecular weight excluding hydrogens is 975 g/mol. The van der Waals surface area contributed by atoms with E-state index in [4.69, 9.17) is 43.1 Å². The fourth-order valence-corrected chi connectivity index (χ4v) is 11.6. The molecule has 0 radical (unpaired) electrons. The zero-order valence-electron chi connectivity index (χ0n) is 45.2. The number of nitrogens with zero attached hydrogens (tertiary/aromatic N) is 6. The minimum Gasteiger partial charge on any atom is -0.493 e. The zero-order valence-corrected chi connectivity index (χ0v) is 46.8. The van der Waals surface area contributed by atoms with Crippen molar-refractivity contribution in [2.45, 2.75) is 141 Å². The molecule has 74 heavy (non-hydrogen) atoms. The van der Waals surface area contributed by atoms with Gasteiger partial charge >= 0.3 is 6.09 Å². The summed E-state index contributed by atoms with van der Waals surface area (Å²) in [7, 11) is 3.29. The predicted octanol–water partition coefficient (Wildman–Crippen LogP) is 10.6. The number of pyridine rings is 2. The van der Waals surface area contributed by atoms with Gasteiger partial charge in [-0.2, -0.15) is 10.5 Å². The van der Waals surface area contributed by atoms with Gasteiger partial charge in [-0.15, -0.1) is 23.5 Å². The molecule has 4 aromatic rings. The minimum absolute atomic E-state index is 0.0861. The van der Waals surface area contributed by atoms with E-state index in [1.54, 1.807) is 37.7 Å². The maximum Gasteiger partial charge on any atom is 0.412 e. The van der Waals surface area contributed by atoms with Crippen LogP contribution >= 0.6 is 23.5 Å². The number of carbonyl (C=O) groups is 1. The molecule has 6 heterocycles. The van der Waals surface area contributed by atoms with Crippen molar-refractivity contribution in [2.24, 2.45) is 11.8 Å². The van der Waals surface area contributed by atoms with Gasteiger partial charge in [0.05, 0.1) is 76.2 Å². The first-order valence-electron chi connectivity index (χ1n) is 25.9. The average Bonchev–Trinajstić information content (AvgIpc) is 3.37. The molecule has 1 N–H and O–H groups in total. The SMILES string of the molecule is CC1CN(c2nc(SCCc3ccc(NC(=O)OC(C)(C)C)cc3)c(C#N)c3c2COC(C(C)C)C3)CC(C)O1.COc1ccc(CCSc2nc(N3CCOCC3)c3c(c2C#N)CC(C(C)C)OC3)cc1OC. The maximum atomic E-state index is 12.1. The average molecular weight is 1050 g/mol. The number of fused-ring (bicyclic) bond motifs is 2. The number of aryl methyl sites for hydroxylation is 2. The molecular formula is C57H75N7O8S2. The van der Waals surface area contributed by atoms with Crippen molar-refractivity contribution in [3.8, 4) is 23.6 Å². The first-order valence-corrected chi connectivity index (χ1v) is 27.9. The van der Waals surface area contributed by atoms with Gasteiger partial charge in [0.2, 0.25) is 0 Å². The Hall–Kier alpha value is -5.27. The van der Waals surface area contributed by atoms with E-state index < -0.39 is 11.7 Å². The van der Waals surface area contributed by atoms with E-state index in [1.165, 1.54) is 0 Å². The zero-order chi connectivity index (χ0) is 53.1. The normalized spacial score (nSPS) is 19.6. The van der Waals surface area contributed by atoms with Gasteiger partial charge in [-0.1, -0.05) is 45.9 Å².